The van der Waals surface area contributed by atoms with E-state index in [4.69, 9.17) is 16.1 Å². The molecule has 0 unspecified atom stereocenters. The highest BCUT2D eigenvalue weighted by Gasteiger charge is 2.25. The highest BCUT2D eigenvalue weighted by atomic mass is 35.5. The molecule has 2 heterocycles. The number of hydrogen-bond acceptors (Lipinski definition) is 3. The van der Waals surface area contributed by atoms with Gasteiger partial charge in [-0.1, -0.05) is 17.7 Å². The Bertz CT molecular complexity index is 748. The molecule has 3 rings (SSSR count). The maximum atomic E-state index is 11.8. The van der Waals surface area contributed by atoms with Crippen molar-refractivity contribution in [3.63, 3.8) is 0 Å². The first kappa shape index (κ1) is 11.7. The van der Waals surface area contributed by atoms with E-state index in [9.17, 15) is 4.79 Å². The van der Waals surface area contributed by atoms with E-state index in [0.717, 1.165) is 5.69 Å². The molecule has 0 saturated heterocycles. The van der Waals surface area contributed by atoms with Crippen molar-refractivity contribution >= 4 is 11.6 Å². The van der Waals surface area contributed by atoms with E-state index in [1.165, 1.54) is 4.68 Å². The monoisotopic (exact) mass is 274 g/mol. The topological polar surface area (TPSA) is 62.8 Å². The normalized spacial score (nSPS) is 10.6. The van der Waals surface area contributed by atoms with Gasteiger partial charge in [0.25, 0.3) is 0 Å². The molecule has 3 aromatic rings. The van der Waals surface area contributed by atoms with Crippen molar-refractivity contribution in [2.24, 2.45) is 0 Å². The van der Waals surface area contributed by atoms with E-state index in [2.05, 4.69) is 10.3 Å². The van der Waals surface area contributed by atoms with E-state index in [0.29, 0.717) is 16.4 Å². The Morgan fingerprint density at radius 1 is 1.16 bits per heavy atom. The molecule has 0 fully saturated rings. The third-order valence-electron chi connectivity index (χ3n) is 2.64. The summed E-state index contributed by atoms with van der Waals surface area (Å²) in [5.41, 5.74) is 1.12. The number of nitrogens with zero attached hydrogens (tertiary/aromatic N) is 2. The van der Waals surface area contributed by atoms with Crippen molar-refractivity contribution in [1.29, 1.82) is 0 Å². The fraction of sp³-hybridized carbons (Fsp3) is 0. The summed E-state index contributed by atoms with van der Waals surface area (Å²) in [6.45, 7) is 0. The molecule has 0 atom stereocenters. The molecule has 0 amide bonds. The molecule has 0 bridgehead atoms. The Kier molecular flexibility index (Phi) is 2.89. The van der Waals surface area contributed by atoms with E-state index in [1.54, 1.807) is 48.7 Å². The summed E-state index contributed by atoms with van der Waals surface area (Å²) >= 11 is 5.84. The van der Waals surface area contributed by atoms with E-state index in [1.807, 2.05) is 0 Å². The fourth-order valence-electron chi connectivity index (χ4n) is 1.77. The maximum absolute atomic E-state index is 11.8. The average Bonchev–Trinajstić information content (AvgIpc) is 2.82. The second-order valence-electron chi connectivity index (χ2n) is 3.86. The predicted octanol–water partition coefficient (Wildman–Crippen LogP) is 1.96. The number of aromatic amines is 1. The number of benzene rings is 1. The highest BCUT2D eigenvalue weighted by Crippen LogP contribution is 2.12. The number of halogens is 1. The molecular weight excluding hydrogens is 266 g/mol. The smallest absolute Gasteiger partial charge is 0.282 e. The molecule has 0 saturated carbocycles. The second kappa shape index (κ2) is 4.70. The van der Waals surface area contributed by atoms with Crippen LogP contribution >= 0.6 is 11.6 Å². The first-order valence-electron chi connectivity index (χ1n) is 5.56. The molecule has 2 aromatic heterocycles. The summed E-state index contributed by atoms with van der Waals surface area (Å²) in [7, 11) is 0. The van der Waals surface area contributed by atoms with Crippen LogP contribution < -0.4 is 10.3 Å². The zero-order valence-electron chi connectivity index (χ0n) is 9.71. The van der Waals surface area contributed by atoms with Gasteiger partial charge in [-0.05, 0) is 34.2 Å². The van der Waals surface area contributed by atoms with Gasteiger partial charge >= 0.3 is 11.3 Å². The van der Waals surface area contributed by atoms with Gasteiger partial charge in [0.1, 0.15) is 5.69 Å². The fourth-order valence-corrected chi connectivity index (χ4v) is 1.89. The van der Waals surface area contributed by atoms with Crippen LogP contribution in [0.15, 0.2) is 58.0 Å². The van der Waals surface area contributed by atoms with E-state index >= 15 is 0 Å². The zero-order chi connectivity index (χ0) is 13.2. The van der Waals surface area contributed by atoms with Crippen molar-refractivity contribution in [2.75, 3.05) is 0 Å². The Hall–Kier alpha value is -2.40. The second-order valence-corrected chi connectivity index (χ2v) is 4.29. The lowest BCUT2D eigenvalue weighted by Crippen LogP contribution is -2.36. The molecule has 0 spiro atoms. The number of pyridine rings is 1. The highest BCUT2D eigenvalue weighted by molar-refractivity contribution is 6.30. The number of hydrogen-bond donors (Lipinski definition) is 1. The third kappa shape index (κ3) is 2.15. The predicted molar refractivity (Wildman–Crippen MR) is 69.1 cm³/mol. The van der Waals surface area contributed by atoms with Gasteiger partial charge < -0.3 is 0 Å². The van der Waals surface area contributed by atoms with Gasteiger partial charge in [0.05, 0.1) is 0 Å². The summed E-state index contributed by atoms with van der Waals surface area (Å²) in [5, 5.41) is 3.17. The molecule has 0 aliphatic carbocycles. The minimum atomic E-state index is -0.478. The molecule has 0 aliphatic heterocycles. The van der Waals surface area contributed by atoms with Crippen LogP contribution in [-0.4, -0.2) is 10.3 Å². The van der Waals surface area contributed by atoms with Crippen LogP contribution in [0.3, 0.4) is 0 Å². The van der Waals surface area contributed by atoms with Crippen LogP contribution in [0, 0.1) is 0 Å². The molecule has 0 radical (unpaired) electrons. The van der Waals surface area contributed by atoms with Crippen LogP contribution in [0.4, 0.5) is 0 Å². The standard InChI is InChI=1S/C13H8ClN3O2/c14-9-4-6-10(7-5-9)17-12(13(18)19-16-17)11-3-1-2-8-15-11/h1-8H/p+1. The first-order valence-corrected chi connectivity index (χ1v) is 5.94. The molecule has 5 nitrogen and oxygen atoms in total. The van der Waals surface area contributed by atoms with Gasteiger partial charge in [0.15, 0.2) is 0 Å². The Labute approximate surface area is 113 Å². The quantitative estimate of drug-likeness (QED) is 0.727. The SMILES string of the molecule is O=c1o[nH][n+](-c2ccc(Cl)cc2)c1-c1ccccn1. The molecule has 1 aromatic carbocycles. The Morgan fingerprint density at radius 2 is 1.95 bits per heavy atom. The molecule has 1 N–H and O–H groups in total. The first-order chi connectivity index (χ1) is 9.25. The van der Waals surface area contributed by atoms with Crippen molar-refractivity contribution in [2.45, 2.75) is 0 Å². The van der Waals surface area contributed by atoms with Gasteiger partial charge in [-0.3, -0.25) is 4.52 Å². The van der Waals surface area contributed by atoms with Crippen LogP contribution in [0.1, 0.15) is 0 Å². The lowest BCUT2D eigenvalue weighted by Gasteiger charge is -1.94. The number of rotatable bonds is 2. The van der Waals surface area contributed by atoms with Crippen molar-refractivity contribution in [1.82, 2.24) is 10.3 Å². The van der Waals surface area contributed by atoms with Crippen LogP contribution in [0.25, 0.3) is 17.1 Å². The Morgan fingerprint density at radius 3 is 2.63 bits per heavy atom. The number of H-pyrrole nitrogens is 1. The summed E-state index contributed by atoms with van der Waals surface area (Å²) in [6, 6.07) is 12.4. The summed E-state index contributed by atoms with van der Waals surface area (Å²) < 4.78 is 6.37. The van der Waals surface area contributed by atoms with Crippen molar-refractivity contribution in [3.8, 4) is 17.1 Å². The molecular formula is C13H9ClN3O2+. The lowest BCUT2D eigenvalue weighted by molar-refractivity contribution is -0.660. The van der Waals surface area contributed by atoms with Crippen LogP contribution in [0.2, 0.25) is 5.02 Å². The van der Waals surface area contributed by atoms with Gasteiger partial charge in [-0.15, -0.1) is 0 Å². The molecule has 6 heteroatoms. The average molecular weight is 275 g/mol. The lowest BCUT2D eigenvalue weighted by atomic mass is 10.2. The minimum Gasteiger partial charge on any atom is -0.282 e. The third-order valence-corrected chi connectivity index (χ3v) is 2.89. The zero-order valence-corrected chi connectivity index (χ0v) is 10.5. The van der Waals surface area contributed by atoms with Crippen molar-refractivity contribution < 1.29 is 9.20 Å². The van der Waals surface area contributed by atoms with Crippen molar-refractivity contribution in [3.05, 3.63) is 64.1 Å². The largest absolute Gasteiger partial charge is 0.437 e. The number of aromatic nitrogens is 3. The van der Waals surface area contributed by atoms with Crippen LogP contribution in [-0.2, 0) is 0 Å². The molecule has 0 aliphatic rings. The minimum absolute atomic E-state index is 0.336. The molecule has 94 valence electrons. The van der Waals surface area contributed by atoms with Gasteiger partial charge in [-0.25, -0.2) is 9.78 Å². The molecule has 19 heavy (non-hydrogen) atoms. The van der Waals surface area contributed by atoms with E-state index in [-0.39, 0.29) is 0 Å². The van der Waals surface area contributed by atoms with Crippen LogP contribution in [0.5, 0.6) is 0 Å². The van der Waals surface area contributed by atoms with Gasteiger partial charge in [0, 0.05) is 23.4 Å². The summed E-state index contributed by atoms with van der Waals surface area (Å²) in [6.07, 6.45) is 1.62. The maximum Gasteiger partial charge on any atom is 0.437 e. The van der Waals surface area contributed by atoms with Gasteiger partial charge in [0.2, 0.25) is 5.69 Å². The summed E-state index contributed by atoms with van der Waals surface area (Å²) in [5.74, 6) is 0. The number of nitrogens with one attached hydrogen (secondary N) is 1. The Balaban J connectivity index is 2.19. The van der Waals surface area contributed by atoms with Gasteiger partial charge in [-0.2, -0.15) is 0 Å². The summed E-state index contributed by atoms with van der Waals surface area (Å²) in [4.78, 5) is 16.0. The van der Waals surface area contributed by atoms with E-state index < -0.39 is 5.63 Å².